The minimum Gasteiger partial charge on any atom is -0.465 e. The zero-order valence-electron chi connectivity index (χ0n) is 31.4. The van der Waals surface area contributed by atoms with Crippen LogP contribution < -0.4 is 0 Å². The maximum atomic E-state index is 12.9. The molecule has 0 aromatic carbocycles. The van der Waals surface area contributed by atoms with Crippen LogP contribution in [-0.2, 0) is 14.9 Å². The van der Waals surface area contributed by atoms with E-state index in [4.69, 9.17) is 9.47 Å². The number of carbonyl (C=O) groups excluding carboxylic acids is 2. The highest BCUT2D eigenvalue weighted by Gasteiger charge is 2.23. The van der Waals surface area contributed by atoms with Gasteiger partial charge < -0.3 is 9.47 Å². The quantitative estimate of drug-likeness (QED) is 0.137. The maximum absolute atomic E-state index is 12.9. The molecule has 0 radical (unpaired) electrons. The predicted octanol–water partition coefficient (Wildman–Crippen LogP) is 10.9. The van der Waals surface area contributed by atoms with Gasteiger partial charge in [-0.25, -0.2) is 9.59 Å². The van der Waals surface area contributed by atoms with Gasteiger partial charge in [-0.1, -0.05) is 133 Å². The fourth-order valence-corrected chi connectivity index (χ4v) is 6.60. The van der Waals surface area contributed by atoms with E-state index in [0.717, 1.165) is 66.8 Å². The molecule has 0 saturated carbocycles. The Balaban J connectivity index is 1.52. The molecule has 0 unspecified atom stereocenters. The van der Waals surface area contributed by atoms with Crippen LogP contribution in [0.5, 0.6) is 0 Å². The molecule has 52 heavy (non-hydrogen) atoms. The Morgan fingerprint density at radius 3 is 1.21 bits per heavy atom. The summed E-state index contributed by atoms with van der Waals surface area (Å²) in [6.45, 7) is 15.1. The average Bonchev–Trinajstić information content (AvgIpc) is 3.47. The van der Waals surface area contributed by atoms with E-state index in [-0.39, 0.29) is 29.2 Å². The molecule has 0 amide bonds. The van der Waals surface area contributed by atoms with E-state index in [1.165, 1.54) is 19.8 Å². The van der Waals surface area contributed by atoms with Gasteiger partial charge >= 0.3 is 11.9 Å². The third-order valence-corrected chi connectivity index (χ3v) is 9.74. The summed E-state index contributed by atoms with van der Waals surface area (Å²) in [6, 6.07) is 30.7. The van der Waals surface area contributed by atoms with E-state index in [9.17, 15) is 9.59 Å². The molecule has 4 nitrogen and oxygen atoms in total. The molecule has 0 aromatic heterocycles. The summed E-state index contributed by atoms with van der Waals surface area (Å²) in [6.07, 6.45) is 0. The molecule has 0 N–H and O–H groups in total. The highest BCUT2D eigenvalue weighted by atomic mass is 16.5. The van der Waals surface area contributed by atoms with Gasteiger partial charge in [-0.3, -0.25) is 0 Å². The number of fused-ring (bicyclic) bond motifs is 3. The van der Waals surface area contributed by atoms with Crippen molar-refractivity contribution in [3.8, 4) is 57.1 Å². The zero-order chi connectivity index (χ0) is 37.3. The second kappa shape index (κ2) is 14.4. The number of carbonyl (C=O) groups is 2. The summed E-state index contributed by atoms with van der Waals surface area (Å²) in [7, 11) is 2.81. The van der Waals surface area contributed by atoms with Gasteiger partial charge in [0.05, 0.1) is 25.3 Å². The number of ether oxygens (including phenoxy) is 2. The minimum absolute atomic E-state index is 0.0557. The second-order valence-corrected chi connectivity index (χ2v) is 14.9. The lowest BCUT2D eigenvalue weighted by Crippen LogP contribution is -2.09. The van der Waals surface area contributed by atoms with Gasteiger partial charge in [-0.2, -0.15) is 0 Å². The number of hydrogen-bond donors (Lipinski definition) is 0. The first kappa shape index (κ1) is 36.0. The van der Waals surface area contributed by atoms with E-state index in [0.29, 0.717) is 11.1 Å². The van der Waals surface area contributed by atoms with Crippen molar-refractivity contribution in [2.45, 2.75) is 65.7 Å². The summed E-state index contributed by atoms with van der Waals surface area (Å²) >= 11 is 0. The molecule has 0 spiro atoms. The zero-order valence-corrected chi connectivity index (χ0v) is 31.4. The van der Waals surface area contributed by atoms with Crippen LogP contribution in [0.3, 0.4) is 0 Å². The molecule has 0 atom stereocenters. The van der Waals surface area contributed by atoms with Gasteiger partial charge in [-0.05, 0) is 97.7 Å². The largest absolute Gasteiger partial charge is 0.465 e. The lowest BCUT2D eigenvalue weighted by atomic mass is 9.88. The van der Waals surface area contributed by atoms with Crippen molar-refractivity contribution in [3.05, 3.63) is 141 Å². The van der Waals surface area contributed by atoms with Crippen LogP contribution in [0.2, 0.25) is 0 Å². The molecule has 6 aliphatic rings. The molecule has 0 saturated heterocycles. The van der Waals surface area contributed by atoms with E-state index >= 15 is 0 Å². The Morgan fingerprint density at radius 2 is 0.865 bits per heavy atom. The SMILES string of the molecule is COC(=O)c1cc(C#Cc2cc(C#Cc3cc(C(=O)OC)c4cc(C(C)C)cccc3-4)c3ccc(C(C)(C)C)ccc2-3)c2cccc(C(C)C)cc1-2. The highest BCUT2D eigenvalue weighted by molar-refractivity contribution is 6.02. The van der Waals surface area contributed by atoms with Crippen molar-refractivity contribution in [1.82, 2.24) is 0 Å². The highest BCUT2D eigenvalue weighted by Crippen LogP contribution is 2.37. The Labute approximate surface area is 308 Å². The van der Waals surface area contributed by atoms with Crippen molar-refractivity contribution in [2.75, 3.05) is 14.2 Å². The predicted molar refractivity (Wildman–Crippen MR) is 211 cm³/mol. The molecule has 0 fully saturated rings. The van der Waals surface area contributed by atoms with Gasteiger partial charge in [0.25, 0.3) is 0 Å². The molecule has 0 aromatic rings. The van der Waals surface area contributed by atoms with Crippen LogP contribution in [0.1, 0.15) is 120 Å². The fourth-order valence-electron chi connectivity index (χ4n) is 6.60. The van der Waals surface area contributed by atoms with Crippen molar-refractivity contribution in [2.24, 2.45) is 0 Å². The number of rotatable bonds is 4. The first-order chi connectivity index (χ1) is 24.8. The molecule has 0 heterocycles. The van der Waals surface area contributed by atoms with Crippen LogP contribution in [0.4, 0.5) is 0 Å². The maximum Gasteiger partial charge on any atom is 0.338 e. The standard InChI is InChI=1S/C48H44O4/c1-29(2)31-12-10-14-38-35(27-44(42(38)25-31)46(49)51-8)18-16-33-24-34(41-23-21-37(48(5,6)7)20-22-40(33)41)17-19-36-28-45(47(50)52-9)43-26-32(30(3)4)13-11-15-39(36)43/h10-15,20-30H,1-9H3. The Morgan fingerprint density at radius 1 is 0.500 bits per heavy atom. The van der Waals surface area contributed by atoms with E-state index in [1.54, 1.807) is 0 Å². The van der Waals surface area contributed by atoms with Crippen LogP contribution in [0.25, 0.3) is 33.4 Å². The van der Waals surface area contributed by atoms with Crippen LogP contribution in [0, 0.1) is 23.7 Å². The van der Waals surface area contributed by atoms with Gasteiger partial charge in [0, 0.05) is 22.3 Å². The van der Waals surface area contributed by atoms with Crippen LogP contribution >= 0.6 is 0 Å². The van der Waals surface area contributed by atoms with Gasteiger partial charge in [-0.15, -0.1) is 0 Å². The molecule has 0 bridgehead atoms. The van der Waals surface area contributed by atoms with Crippen molar-refractivity contribution < 1.29 is 19.1 Å². The summed E-state index contributed by atoms with van der Waals surface area (Å²) in [5.41, 5.74) is 13.0. The minimum atomic E-state index is -0.388. The molecular formula is C48H44O4. The third-order valence-electron chi connectivity index (χ3n) is 9.74. The Bertz CT molecular complexity index is 2200. The number of hydrogen-bond acceptors (Lipinski definition) is 4. The molecule has 4 heteroatoms. The second-order valence-electron chi connectivity index (χ2n) is 14.9. The molecule has 6 rings (SSSR count). The van der Waals surface area contributed by atoms with E-state index in [1.807, 2.05) is 42.5 Å². The lowest BCUT2D eigenvalue weighted by Gasteiger charge is -2.17. The Hall–Kier alpha value is -5.84. The van der Waals surface area contributed by atoms with Crippen molar-refractivity contribution in [1.29, 1.82) is 0 Å². The van der Waals surface area contributed by atoms with Crippen LogP contribution in [0.15, 0.2) is 91.0 Å². The van der Waals surface area contributed by atoms with Crippen LogP contribution in [-0.4, -0.2) is 26.2 Å². The number of esters is 2. The monoisotopic (exact) mass is 684 g/mol. The first-order valence-electron chi connectivity index (χ1n) is 17.7. The van der Waals surface area contributed by atoms with E-state index < -0.39 is 0 Å². The van der Waals surface area contributed by atoms with Gasteiger partial charge in [0.2, 0.25) is 0 Å². The summed E-state index contributed by atoms with van der Waals surface area (Å²) in [4.78, 5) is 25.8. The van der Waals surface area contributed by atoms with E-state index in [2.05, 4.69) is 121 Å². The summed E-state index contributed by atoms with van der Waals surface area (Å²) in [5.74, 6) is 13.5. The summed E-state index contributed by atoms with van der Waals surface area (Å²) in [5, 5.41) is 0. The van der Waals surface area contributed by atoms with Gasteiger partial charge in [0.1, 0.15) is 0 Å². The number of methoxy groups -OCH3 is 2. The van der Waals surface area contributed by atoms with Crippen molar-refractivity contribution in [3.63, 3.8) is 0 Å². The fraction of sp³-hybridized carbons (Fsp3) is 0.250. The topological polar surface area (TPSA) is 52.6 Å². The third kappa shape index (κ3) is 7.03. The molecule has 0 aliphatic heterocycles. The van der Waals surface area contributed by atoms with Gasteiger partial charge in [0.15, 0.2) is 0 Å². The lowest BCUT2D eigenvalue weighted by molar-refractivity contribution is 0.0593. The smallest absolute Gasteiger partial charge is 0.338 e. The Kier molecular flexibility index (Phi) is 9.97. The molecule has 6 aliphatic carbocycles. The first-order valence-corrected chi connectivity index (χ1v) is 17.7. The van der Waals surface area contributed by atoms with Crippen molar-refractivity contribution >= 4 is 11.9 Å². The molecule has 260 valence electrons. The molecular weight excluding hydrogens is 641 g/mol. The summed E-state index contributed by atoms with van der Waals surface area (Å²) < 4.78 is 10.3. The normalized spacial score (nSPS) is 11.4. The average molecular weight is 685 g/mol.